The van der Waals surface area contributed by atoms with Crippen molar-refractivity contribution >= 4 is 40.6 Å². The molecule has 7 nitrogen and oxygen atoms in total. The van der Waals surface area contributed by atoms with Crippen LogP contribution in [-0.4, -0.2) is 41.7 Å². The number of amides is 3. The van der Waals surface area contributed by atoms with E-state index in [-0.39, 0.29) is 11.4 Å². The number of ether oxygens (including phenoxy) is 2. The lowest BCUT2D eigenvalue weighted by Crippen LogP contribution is -2.36. The van der Waals surface area contributed by atoms with Gasteiger partial charge in [0.25, 0.3) is 11.1 Å². The van der Waals surface area contributed by atoms with Gasteiger partial charge in [-0.2, -0.15) is 0 Å². The van der Waals surface area contributed by atoms with Crippen molar-refractivity contribution in [3.63, 3.8) is 0 Å². The number of nitrogens with zero attached hydrogens (tertiary/aromatic N) is 1. The number of nitrogens with one attached hydrogen (secondary N) is 1. The third-order valence-electron chi connectivity index (χ3n) is 4.39. The van der Waals surface area contributed by atoms with Crippen LogP contribution in [0.4, 0.5) is 10.5 Å². The van der Waals surface area contributed by atoms with Gasteiger partial charge in [0.15, 0.2) is 0 Å². The number of carbonyl (C=O) groups excluding carboxylic acids is 3. The molecule has 168 valence electrons. The molecule has 1 fully saturated rings. The fourth-order valence-electron chi connectivity index (χ4n) is 2.86. The molecule has 3 amide bonds. The maximum Gasteiger partial charge on any atom is 0.294 e. The molecule has 1 N–H and O–H groups in total. The Kier molecular flexibility index (Phi) is 7.94. The predicted molar refractivity (Wildman–Crippen MR) is 126 cm³/mol. The Labute approximate surface area is 191 Å². The van der Waals surface area contributed by atoms with Gasteiger partial charge in [-0.1, -0.05) is 26.0 Å². The number of anilines is 1. The number of hydrogen-bond donors (Lipinski definition) is 1. The largest absolute Gasteiger partial charge is 0.494 e. The Balaban J connectivity index is 1.59. The number of carbonyl (C=O) groups is 3. The molecule has 0 aliphatic carbocycles. The van der Waals surface area contributed by atoms with Crippen molar-refractivity contribution in [2.45, 2.75) is 20.8 Å². The number of thioether (sulfide) groups is 1. The van der Waals surface area contributed by atoms with Gasteiger partial charge in [-0.05, 0) is 72.6 Å². The van der Waals surface area contributed by atoms with Crippen molar-refractivity contribution in [3.8, 4) is 11.5 Å². The maximum absolute atomic E-state index is 12.7. The van der Waals surface area contributed by atoms with Crippen LogP contribution < -0.4 is 14.8 Å². The van der Waals surface area contributed by atoms with E-state index in [0.717, 1.165) is 28.0 Å². The van der Waals surface area contributed by atoms with E-state index in [4.69, 9.17) is 9.47 Å². The van der Waals surface area contributed by atoms with E-state index in [2.05, 4.69) is 19.2 Å². The number of rotatable bonds is 9. The Morgan fingerprint density at radius 1 is 1.03 bits per heavy atom. The summed E-state index contributed by atoms with van der Waals surface area (Å²) >= 11 is 0.821. The Morgan fingerprint density at radius 3 is 2.28 bits per heavy atom. The van der Waals surface area contributed by atoms with E-state index in [0.29, 0.717) is 30.6 Å². The molecule has 0 saturated carbocycles. The maximum atomic E-state index is 12.7. The van der Waals surface area contributed by atoms with Gasteiger partial charge in [0.05, 0.1) is 18.1 Å². The van der Waals surface area contributed by atoms with Crippen LogP contribution in [0.3, 0.4) is 0 Å². The van der Waals surface area contributed by atoms with Crippen LogP contribution >= 0.6 is 11.8 Å². The van der Waals surface area contributed by atoms with Crippen LogP contribution in [0.2, 0.25) is 0 Å². The highest BCUT2D eigenvalue weighted by molar-refractivity contribution is 8.18. The molecule has 0 bridgehead atoms. The summed E-state index contributed by atoms with van der Waals surface area (Å²) in [6, 6.07) is 14.2. The standard InChI is InChI=1S/C24H26N2O5S/c1-4-30-19-11-7-18(8-12-19)25-22(27)14-26-23(28)21(32-24(26)29)13-17-5-9-20(10-6-17)31-15-16(2)3/h5-13,16H,4,14-15H2,1-3H3,(H,25,27)/b21-13+. The van der Waals surface area contributed by atoms with Crippen LogP contribution in [0.15, 0.2) is 53.4 Å². The second-order valence-corrected chi connectivity index (χ2v) is 8.54. The molecule has 1 heterocycles. The summed E-state index contributed by atoms with van der Waals surface area (Å²) in [5.74, 6) is 0.926. The second-order valence-electron chi connectivity index (χ2n) is 7.55. The van der Waals surface area contributed by atoms with E-state index in [1.807, 2.05) is 31.2 Å². The zero-order valence-corrected chi connectivity index (χ0v) is 19.1. The van der Waals surface area contributed by atoms with Gasteiger partial charge >= 0.3 is 0 Å². The highest BCUT2D eigenvalue weighted by Gasteiger charge is 2.36. The molecule has 2 aromatic rings. The van der Waals surface area contributed by atoms with E-state index in [1.54, 1.807) is 30.3 Å². The van der Waals surface area contributed by atoms with Crippen LogP contribution in [0.1, 0.15) is 26.3 Å². The highest BCUT2D eigenvalue weighted by Crippen LogP contribution is 2.32. The normalized spacial score (nSPS) is 14.9. The quantitative estimate of drug-likeness (QED) is 0.548. The molecule has 1 saturated heterocycles. The second kappa shape index (κ2) is 10.9. The molecule has 0 unspecified atom stereocenters. The first-order valence-electron chi connectivity index (χ1n) is 10.4. The first kappa shape index (κ1) is 23.4. The molecule has 0 aromatic heterocycles. The summed E-state index contributed by atoms with van der Waals surface area (Å²) in [5.41, 5.74) is 1.33. The minimum Gasteiger partial charge on any atom is -0.494 e. The first-order valence-corrected chi connectivity index (χ1v) is 11.2. The molecular formula is C24H26N2O5S. The molecule has 0 atom stereocenters. The fourth-order valence-corrected chi connectivity index (χ4v) is 3.69. The van der Waals surface area contributed by atoms with Gasteiger partial charge in [0.2, 0.25) is 5.91 Å². The lowest BCUT2D eigenvalue weighted by atomic mass is 10.2. The lowest BCUT2D eigenvalue weighted by Gasteiger charge is -2.12. The molecule has 3 rings (SSSR count). The summed E-state index contributed by atoms with van der Waals surface area (Å²) in [6.07, 6.45) is 1.64. The number of benzene rings is 2. The first-order chi connectivity index (χ1) is 15.4. The van der Waals surface area contributed by atoms with Crippen molar-refractivity contribution in [1.29, 1.82) is 0 Å². The number of imide groups is 1. The zero-order chi connectivity index (χ0) is 23.1. The summed E-state index contributed by atoms with van der Waals surface area (Å²) in [5, 5.41) is 2.21. The highest BCUT2D eigenvalue weighted by atomic mass is 32.2. The van der Waals surface area contributed by atoms with Gasteiger partial charge in [-0.15, -0.1) is 0 Å². The van der Waals surface area contributed by atoms with Crippen molar-refractivity contribution in [2.75, 3.05) is 25.1 Å². The molecule has 1 aliphatic rings. The molecule has 2 aromatic carbocycles. The average Bonchev–Trinajstić information content (AvgIpc) is 3.02. The van der Waals surface area contributed by atoms with Crippen molar-refractivity contribution in [2.24, 2.45) is 5.92 Å². The topological polar surface area (TPSA) is 84.9 Å². The summed E-state index contributed by atoms with van der Waals surface area (Å²) in [6.45, 7) is 6.85. The fraction of sp³-hybridized carbons (Fsp3) is 0.292. The SMILES string of the molecule is CCOc1ccc(NC(=O)CN2C(=O)S/C(=C/c3ccc(OCC(C)C)cc3)C2=O)cc1. The summed E-state index contributed by atoms with van der Waals surface area (Å²) < 4.78 is 11.0. The third-order valence-corrected chi connectivity index (χ3v) is 5.29. The van der Waals surface area contributed by atoms with Crippen LogP contribution in [0.25, 0.3) is 6.08 Å². The summed E-state index contributed by atoms with van der Waals surface area (Å²) in [4.78, 5) is 38.5. The zero-order valence-electron chi connectivity index (χ0n) is 18.3. The third kappa shape index (κ3) is 6.37. The molecule has 8 heteroatoms. The molecule has 0 radical (unpaired) electrons. The Bertz CT molecular complexity index is 1000. The minimum absolute atomic E-state index is 0.278. The van der Waals surface area contributed by atoms with Crippen molar-refractivity contribution in [3.05, 3.63) is 59.0 Å². The summed E-state index contributed by atoms with van der Waals surface area (Å²) in [7, 11) is 0. The Hall–Kier alpha value is -3.26. The van der Waals surface area contributed by atoms with Gasteiger partial charge in [-0.25, -0.2) is 0 Å². The van der Waals surface area contributed by atoms with Gasteiger partial charge in [0, 0.05) is 5.69 Å². The monoisotopic (exact) mass is 454 g/mol. The van der Waals surface area contributed by atoms with Gasteiger partial charge < -0.3 is 14.8 Å². The van der Waals surface area contributed by atoms with E-state index < -0.39 is 17.1 Å². The predicted octanol–water partition coefficient (Wildman–Crippen LogP) is 4.80. The molecule has 0 spiro atoms. The van der Waals surface area contributed by atoms with E-state index in [1.165, 1.54) is 0 Å². The van der Waals surface area contributed by atoms with E-state index >= 15 is 0 Å². The lowest BCUT2D eigenvalue weighted by molar-refractivity contribution is -0.127. The molecule has 32 heavy (non-hydrogen) atoms. The van der Waals surface area contributed by atoms with Gasteiger partial charge in [-0.3, -0.25) is 19.3 Å². The van der Waals surface area contributed by atoms with Gasteiger partial charge in [0.1, 0.15) is 18.0 Å². The minimum atomic E-state index is -0.484. The van der Waals surface area contributed by atoms with Crippen LogP contribution in [0, 0.1) is 5.92 Å². The Morgan fingerprint density at radius 2 is 1.66 bits per heavy atom. The molecule has 1 aliphatic heterocycles. The number of hydrogen-bond acceptors (Lipinski definition) is 6. The van der Waals surface area contributed by atoms with Crippen LogP contribution in [0.5, 0.6) is 11.5 Å². The average molecular weight is 455 g/mol. The van der Waals surface area contributed by atoms with Crippen molar-refractivity contribution < 1.29 is 23.9 Å². The molecular weight excluding hydrogens is 428 g/mol. The van der Waals surface area contributed by atoms with Crippen molar-refractivity contribution in [1.82, 2.24) is 4.90 Å². The van der Waals surface area contributed by atoms with Crippen LogP contribution in [-0.2, 0) is 9.59 Å². The smallest absolute Gasteiger partial charge is 0.294 e. The van der Waals surface area contributed by atoms with E-state index in [9.17, 15) is 14.4 Å².